The standard InChI is InChI=1S/C17H14N4O2/c1-12(22)13-5-4-6-15(9-13)21-17(23)14(10-18)11-20-16-7-2-3-8-19-16/h2-9,11H,1H3,(H,19,20)(H,21,23)/b14-11-. The maximum Gasteiger partial charge on any atom is 0.267 e. The zero-order chi connectivity index (χ0) is 16.7. The molecule has 2 aromatic rings. The molecule has 0 saturated heterocycles. The molecule has 0 aliphatic carbocycles. The molecule has 2 N–H and O–H groups in total. The van der Waals surface area contributed by atoms with Crippen LogP contribution >= 0.6 is 0 Å². The summed E-state index contributed by atoms with van der Waals surface area (Å²) in [6.45, 7) is 1.44. The summed E-state index contributed by atoms with van der Waals surface area (Å²) >= 11 is 0. The Kier molecular flexibility index (Phi) is 5.21. The van der Waals surface area contributed by atoms with Crippen LogP contribution in [-0.2, 0) is 4.79 Å². The Labute approximate surface area is 133 Å². The van der Waals surface area contributed by atoms with E-state index in [4.69, 9.17) is 5.26 Å². The number of nitrogens with one attached hydrogen (secondary N) is 2. The van der Waals surface area contributed by atoms with Gasteiger partial charge >= 0.3 is 0 Å². The number of amides is 1. The molecule has 0 aliphatic rings. The van der Waals surface area contributed by atoms with Crippen molar-refractivity contribution in [3.8, 4) is 6.07 Å². The van der Waals surface area contributed by atoms with Gasteiger partial charge in [-0.15, -0.1) is 0 Å². The number of carbonyl (C=O) groups is 2. The van der Waals surface area contributed by atoms with Gasteiger partial charge in [0.1, 0.15) is 17.5 Å². The van der Waals surface area contributed by atoms with Crippen LogP contribution in [0, 0.1) is 11.3 Å². The number of Topliss-reactive ketones (excluding diaryl/α,β-unsaturated/α-hetero) is 1. The molecule has 6 nitrogen and oxygen atoms in total. The Morgan fingerprint density at radius 2 is 2.04 bits per heavy atom. The van der Waals surface area contributed by atoms with Crippen LogP contribution in [0.1, 0.15) is 17.3 Å². The van der Waals surface area contributed by atoms with E-state index in [2.05, 4.69) is 15.6 Å². The third-order valence-electron chi connectivity index (χ3n) is 2.92. The van der Waals surface area contributed by atoms with Crippen LogP contribution in [-0.4, -0.2) is 16.7 Å². The Morgan fingerprint density at radius 1 is 1.22 bits per heavy atom. The summed E-state index contributed by atoms with van der Waals surface area (Å²) in [6.07, 6.45) is 2.88. The number of carbonyl (C=O) groups excluding carboxylic acids is 2. The lowest BCUT2D eigenvalue weighted by molar-refractivity contribution is -0.112. The number of benzene rings is 1. The number of aromatic nitrogens is 1. The summed E-state index contributed by atoms with van der Waals surface area (Å²) in [7, 11) is 0. The molecule has 6 heteroatoms. The summed E-state index contributed by atoms with van der Waals surface area (Å²) in [5.74, 6) is -0.155. The van der Waals surface area contributed by atoms with Crippen molar-refractivity contribution in [3.63, 3.8) is 0 Å². The fourth-order valence-electron chi connectivity index (χ4n) is 1.76. The van der Waals surface area contributed by atoms with Crippen LogP contribution in [0.2, 0.25) is 0 Å². The van der Waals surface area contributed by atoms with Gasteiger partial charge in [0, 0.05) is 23.6 Å². The van der Waals surface area contributed by atoms with Crippen LogP contribution in [0.3, 0.4) is 0 Å². The van der Waals surface area contributed by atoms with Gasteiger partial charge in [-0.1, -0.05) is 18.2 Å². The number of anilines is 2. The van der Waals surface area contributed by atoms with Gasteiger partial charge in [0.25, 0.3) is 5.91 Å². The highest BCUT2D eigenvalue weighted by Crippen LogP contribution is 2.12. The first-order valence-electron chi connectivity index (χ1n) is 6.80. The summed E-state index contributed by atoms with van der Waals surface area (Å²) in [5, 5.41) is 14.5. The van der Waals surface area contributed by atoms with Crippen LogP contribution in [0.4, 0.5) is 11.5 Å². The van der Waals surface area contributed by atoms with Crippen molar-refractivity contribution in [2.75, 3.05) is 10.6 Å². The minimum absolute atomic E-state index is 0.103. The van der Waals surface area contributed by atoms with Gasteiger partial charge in [0.05, 0.1) is 0 Å². The van der Waals surface area contributed by atoms with Crippen LogP contribution in [0.25, 0.3) is 0 Å². The van der Waals surface area contributed by atoms with Gasteiger partial charge in [-0.05, 0) is 31.2 Å². The van der Waals surface area contributed by atoms with Gasteiger partial charge in [-0.2, -0.15) is 5.26 Å². The lowest BCUT2D eigenvalue weighted by atomic mass is 10.1. The first-order chi connectivity index (χ1) is 11.1. The third kappa shape index (κ3) is 4.51. The first kappa shape index (κ1) is 15.9. The molecule has 0 radical (unpaired) electrons. The molecule has 1 aromatic carbocycles. The number of hydrogen-bond acceptors (Lipinski definition) is 5. The van der Waals surface area contributed by atoms with Crippen molar-refractivity contribution in [3.05, 3.63) is 66.0 Å². The van der Waals surface area contributed by atoms with Crippen LogP contribution in [0.15, 0.2) is 60.4 Å². The van der Waals surface area contributed by atoms with E-state index in [1.54, 1.807) is 48.7 Å². The number of nitrogens with zero attached hydrogens (tertiary/aromatic N) is 2. The fraction of sp³-hybridized carbons (Fsp3) is 0.0588. The molecule has 114 valence electrons. The second-order valence-electron chi connectivity index (χ2n) is 4.62. The maximum absolute atomic E-state index is 12.1. The third-order valence-corrected chi connectivity index (χ3v) is 2.92. The summed E-state index contributed by atoms with van der Waals surface area (Å²) < 4.78 is 0. The average Bonchev–Trinajstić information content (AvgIpc) is 2.56. The van der Waals surface area contributed by atoms with Crippen LogP contribution in [0.5, 0.6) is 0 Å². The number of pyridine rings is 1. The smallest absolute Gasteiger partial charge is 0.267 e. The lowest BCUT2D eigenvalue weighted by Crippen LogP contribution is -2.15. The molecule has 0 bridgehead atoms. The predicted molar refractivity (Wildman–Crippen MR) is 86.6 cm³/mol. The van der Waals surface area contributed by atoms with E-state index in [1.807, 2.05) is 6.07 Å². The minimum atomic E-state index is -0.573. The van der Waals surface area contributed by atoms with E-state index < -0.39 is 5.91 Å². The highest BCUT2D eigenvalue weighted by atomic mass is 16.1. The second kappa shape index (κ2) is 7.52. The van der Waals surface area contributed by atoms with E-state index in [0.29, 0.717) is 17.1 Å². The first-order valence-corrected chi connectivity index (χ1v) is 6.80. The van der Waals surface area contributed by atoms with E-state index in [-0.39, 0.29) is 11.4 Å². The molecule has 0 aliphatic heterocycles. The van der Waals surface area contributed by atoms with Crippen molar-refractivity contribution in [1.82, 2.24) is 4.98 Å². The number of rotatable bonds is 5. The molecular weight excluding hydrogens is 292 g/mol. The highest BCUT2D eigenvalue weighted by Gasteiger charge is 2.10. The number of nitriles is 1. The van der Waals surface area contributed by atoms with Crippen molar-refractivity contribution in [1.29, 1.82) is 5.26 Å². The molecule has 1 amide bonds. The minimum Gasteiger partial charge on any atom is -0.345 e. The van der Waals surface area contributed by atoms with Gasteiger partial charge in [-0.3, -0.25) is 9.59 Å². The van der Waals surface area contributed by atoms with E-state index in [9.17, 15) is 9.59 Å². The molecule has 2 rings (SSSR count). The van der Waals surface area contributed by atoms with Gasteiger partial charge < -0.3 is 10.6 Å². The molecule has 0 unspecified atom stereocenters. The van der Waals surface area contributed by atoms with E-state index >= 15 is 0 Å². The largest absolute Gasteiger partial charge is 0.345 e. The number of ketones is 1. The van der Waals surface area contributed by atoms with E-state index in [1.165, 1.54) is 13.1 Å². The Balaban J connectivity index is 2.10. The Hall–Kier alpha value is -3.46. The molecule has 0 saturated carbocycles. The summed E-state index contributed by atoms with van der Waals surface area (Å²) in [4.78, 5) is 27.5. The van der Waals surface area contributed by atoms with Gasteiger partial charge in [-0.25, -0.2) is 4.98 Å². The van der Waals surface area contributed by atoms with Crippen molar-refractivity contribution in [2.45, 2.75) is 6.92 Å². The lowest BCUT2D eigenvalue weighted by Gasteiger charge is -2.06. The molecule has 23 heavy (non-hydrogen) atoms. The molecule has 0 atom stereocenters. The summed E-state index contributed by atoms with van der Waals surface area (Å²) in [6, 6.07) is 13.6. The topological polar surface area (TPSA) is 94.9 Å². The second-order valence-corrected chi connectivity index (χ2v) is 4.62. The molecule has 0 fully saturated rings. The predicted octanol–water partition coefficient (Wildman–Crippen LogP) is 2.74. The Morgan fingerprint density at radius 3 is 2.70 bits per heavy atom. The van der Waals surface area contributed by atoms with Crippen molar-refractivity contribution in [2.24, 2.45) is 0 Å². The highest BCUT2D eigenvalue weighted by molar-refractivity contribution is 6.07. The quantitative estimate of drug-likeness (QED) is 0.503. The molecule has 1 aromatic heterocycles. The van der Waals surface area contributed by atoms with Crippen molar-refractivity contribution >= 4 is 23.2 Å². The molecular formula is C17H14N4O2. The monoisotopic (exact) mass is 306 g/mol. The maximum atomic E-state index is 12.1. The van der Waals surface area contributed by atoms with Crippen molar-refractivity contribution < 1.29 is 9.59 Å². The SMILES string of the molecule is CC(=O)c1cccc(NC(=O)/C(C#N)=C\Nc2ccccn2)c1. The fourth-order valence-corrected chi connectivity index (χ4v) is 1.76. The Bertz CT molecular complexity index is 792. The summed E-state index contributed by atoms with van der Waals surface area (Å²) in [5.41, 5.74) is 0.822. The van der Waals surface area contributed by atoms with Gasteiger partial charge in [0.2, 0.25) is 0 Å². The zero-order valence-electron chi connectivity index (χ0n) is 12.4. The zero-order valence-corrected chi connectivity index (χ0v) is 12.4. The average molecular weight is 306 g/mol. The number of hydrogen-bond donors (Lipinski definition) is 2. The van der Waals surface area contributed by atoms with Crippen LogP contribution < -0.4 is 10.6 Å². The molecule has 1 heterocycles. The van der Waals surface area contributed by atoms with Gasteiger partial charge in [0.15, 0.2) is 5.78 Å². The van der Waals surface area contributed by atoms with E-state index in [0.717, 1.165) is 0 Å². The normalized spacial score (nSPS) is 10.5. The molecule has 0 spiro atoms.